The van der Waals surface area contributed by atoms with Crippen LogP contribution in [0, 0.1) is 11.7 Å². The van der Waals surface area contributed by atoms with Crippen molar-refractivity contribution in [1.82, 2.24) is 4.57 Å². The summed E-state index contributed by atoms with van der Waals surface area (Å²) in [6.07, 6.45) is 0. The van der Waals surface area contributed by atoms with Gasteiger partial charge in [-0.3, -0.25) is 23.7 Å². The Morgan fingerprint density at radius 1 is 0.925 bits per heavy atom. The first-order valence-electron chi connectivity index (χ1n) is 12.1. The van der Waals surface area contributed by atoms with Gasteiger partial charge in [0.1, 0.15) is 17.6 Å². The molecule has 40 heavy (non-hydrogen) atoms. The first-order chi connectivity index (χ1) is 19.2. The Bertz CT molecular complexity index is 1730. The standard InChI is InChI=1S/C28H18Cl2FN3O4S2/c29-18-11-10-16(12-19(18)30)32-20(35)13-33-27-24(40-28(33)38)21(14-6-8-15(31)9-7-14)22-23(39-27)26(37)34(25(22)36)17-4-2-1-3-5-17/h1-12,21-23H,13H2,(H,32,35)/t21-,22-,23+/m0/s1. The molecular weight excluding hydrogens is 596 g/mol. The van der Waals surface area contributed by atoms with E-state index in [4.69, 9.17) is 23.2 Å². The molecule has 12 heteroatoms. The number of hydrogen-bond acceptors (Lipinski definition) is 6. The number of thiazole rings is 1. The number of rotatable bonds is 5. The molecule has 202 valence electrons. The zero-order chi connectivity index (χ0) is 28.1. The molecule has 0 bridgehead atoms. The number of halogens is 3. The van der Waals surface area contributed by atoms with Crippen LogP contribution in [0.1, 0.15) is 16.4 Å². The van der Waals surface area contributed by atoms with E-state index < -0.39 is 45.5 Å². The van der Waals surface area contributed by atoms with Crippen LogP contribution in [0.3, 0.4) is 0 Å². The lowest BCUT2D eigenvalue weighted by Gasteiger charge is -2.30. The van der Waals surface area contributed by atoms with Gasteiger partial charge in [-0.15, -0.1) is 0 Å². The Morgan fingerprint density at radius 2 is 1.65 bits per heavy atom. The van der Waals surface area contributed by atoms with Crippen LogP contribution < -0.4 is 15.1 Å². The molecule has 2 aliphatic rings. The van der Waals surface area contributed by atoms with E-state index >= 15 is 0 Å². The van der Waals surface area contributed by atoms with Gasteiger partial charge in [-0.25, -0.2) is 9.29 Å². The van der Waals surface area contributed by atoms with Gasteiger partial charge in [-0.05, 0) is 48.0 Å². The third-order valence-electron chi connectivity index (χ3n) is 6.80. The molecule has 0 aliphatic carbocycles. The lowest BCUT2D eigenvalue weighted by Crippen LogP contribution is -2.33. The summed E-state index contributed by atoms with van der Waals surface area (Å²) in [4.78, 5) is 54.9. The summed E-state index contributed by atoms with van der Waals surface area (Å²) in [6, 6.07) is 19.0. The molecule has 1 aromatic heterocycles. The molecule has 3 atom stereocenters. The Labute approximate surface area is 245 Å². The van der Waals surface area contributed by atoms with Gasteiger partial charge in [-0.1, -0.05) is 76.6 Å². The molecule has 2 aliphatic heterocycles. The van der Waals surface area contributed by atoms with Crippen molar-refractivity contribution in [3.8, 4) is 0 Å². The highest BCUT2D eigenvalue weighted by Crippen LogP contribution is 2.53. The predicted molar refractivity (Wildman–Crippen MR) is 154 cm³/mol. The van der Waals surface area contributed by atoms with E-state index in [1.165, 1.54) is 27.7 Å². The normalized spacial score (nSPS) is 19.9. The number of benzene rings is 3. The minimum Gasteiger partial charge on any atom is -0.324 e. The van der Waals surface area contributed by atoms with Crippen molar-refractivity contribution in [2.45, 2.75) is 22.7 Å². The van der Waals surface area contributed by atoms with Crippen LogP contribution in [-0.4, -0.2) is 27.5 Å². The van der Waals surface area contributed by atoms with E-state index in [0.29, 0.717) is 31.9 Å². The number of para-hydroxylation sites is 1. The fourth-order valence-corrected chi connectivity index (χ4v) is 8.11. The number of carbonyl (C=O) groups excluding carboxylic acids is 3. The number of aromatic nitrogens is 1. The summed E-state index contributed by atoms with van der Waals surface area (Å²) in [5.41, 5.74) is 1.46. The molecule has 3 heterocycles. The number of anilines is 2. The van der Waals surface area contributed by atoms with E-state index in [1.54, 1.807) is 54.6 Å². The van der Waals surface area contributed by atoms with Crippen LogP contribution >= 0.6 is 46.3 Å². The molecule has 1 saturated heterocycles. The maximum absolute atomic E-state index is 13.8. The molecule has 1 fully saturated rings. The van der Waals surface area contributed by atoms with E-state index in [0.717, 1.165) is 23.1 Å². The Morgan fingerprint density at radius 3 is 2.35 bits per heavy atom. The summed E-state index contributed by atoms with van der Waals surface area (Å²) in [7, 11) is 0. The van der Waals surface area contributed by atoms with Crippen molar-refractivity contribution in [3.63, 3.8) is 0 Å². The molecule has 4 aromatic rings. The molecule has 0 saturated carbocycles. The second-order valence-electron chi connectivity index (χ2n) is 9.24. The monoisotopic (exact) mass is 613 g/mol. The zero-order valence-corrected chi connectivity index (χ0v) is 23.5. The summed E-state index contributed by atoms with van der Waals surface area (Å²) in [5, 5.41) is 2.90. The summed E-state index contributed by atoms with van der Waals surface area (Å²) >= 11 is 14.0. The topological polar surface area (TPSA) is 88.5 Å². The van der Waals surface area contributed by atoms with Gasteiger partial charge in [0, 0.05) is 16.5 Å². The number of fused-ring (bicyclic) bond motifs is 2. The van der Waals surface area contributed by atoms with Gasteiger partial charge in [0.2, 0.25) is 17.7 Å². The van der Waals surface area contributed by atoms with E-state index in [1.807, 2.05) is 0 Å². The molecule has 0 spiro atoms. The Balaban J connectivity index is 1.40. The largest absolute Gasteiger partial charge is 0.324 e. The number of hydrogen-bond donors (Lipinski definition) is 1. The number of nitrogens with one attached hydrogen (secondary N) is 1. The second kappa shape index (κ2) is 10.5. The highest BCUT2D eigenvalue weighted by Gasteiger charge is 2.56. The van der Waals surface area contributed by atoms with Gasteiger partial charge in [0.05, 0.1) is 26.7 Å². The molecule has 6 rings (SSSR count). The van der Waals surface area contributed by atoms with Crippen molar-refractivity contribution in [2.75, 3.05) is 10.2 Å². The van der Waals surface area contributed by atoms with Gasteiger partial charge >= 0.3 is 4.87 Å². The maximum atomic E-state index is 13.8. The lowest BCUT2D eigenvalue weighted by atomic mass is 9.83. The van der Waals surface area contributed by atoms with Crippen molar-refractivity contribution in [2.24, 2.45) is 5.92 Å². The number of thioether (sulfide) groups is 1. The summed E-state index contributed by atoms with van der Waals surface area (Å²) < 4.78 is 15.1. The molecule has 7 nitrogen and oxygen atoms in total. The first kappa shape index (κ1) is 26.8. The molecule has 3 amide bonds. The van der Waals surface area contributed by atoms with Gasteiger partial charge < -0.3 is 5.32 Å². The SMILES string of the molecule is O=C(Cn1c2c(sc1=O)[C@@H](c1ccc(F)cc1)[C@@H]1C(=O)N(c3ccccc3)C(=O)[C@@H]1S2)Nc1ccc(Cl)c(Cl)c1. The Kier molecular flexibility index (Phi) is 7.03. The molecule has 0 unspecified atom stereocenters. The van der Waals surface area contributed by atoms with Gasteiger partial charge in [0.25, 0.3) is 0 Å². The number of nitrogens with zero attached hydrogens (tertiary/aromatic N) is 2. The van der Waals surface area contributed by atoms with Crippen molar-refractivity contribution >= 4 is 75.4 Å². The predicted octanol–water partition coefficient (Wildman–Crippen LogP) is 5.79. The lowest BCUT2D eigenvalue weighted by molar-refractivity contribution is -0.122. The quantitative estimate of drug-likeness (QED) is 0.288. The van der Waals surface area contributed by atoms with Crippen LogP contribution in [0.15, 0.2) is 82.6 Å². The molecular formula is C28H18Cl2FN3O4S2. The smallest absolute Gasteiger partial charge is 0.308 e. The number of carbonyl (C=O) groups is 3. The van der Waals surface area contributed by atoms with Crippen molar-refractivity contribution in [3.05, 3.63) is 109 Å². The molecule has 0 radical (unpaired) electrons. The highest BCUT2D eigenvalue weighted by molar-refractivity contribution is 8.00. The van der Waals surface area contributed by atoms with Crippen molar-refractivity contribution in [1.29, 1.82) is 0 Å². The van der Waals surface area contributed by atoms with E-state index in [-0.39, 0.29) is 11.6 Å². The van der Waals surface area contributed by atoms with Gasteiger partial charge in [-0.2, -0.15) is 0 Å². The first-order valence-corrected chi connectivity index (χ1v) is 14.5. The zero-order valence-electron chi connectivity index (χ0n) is 20.3. The summed E-state index contributed by atoms with van der Waals surface area (Å²) in [6.45, 7) is -0.323. The third-order valence-corrected chi connectivity index (χ3v) is 10.1. The van der Waals surface area contributed by atoms with Gasteiger partial charge in [0.15, 0.2) is 0 Å². The summed E-state index contributed by atoms with van der Waals surface area (Å²) in [5.74, 6) is -3.22. The number of imide groups is 1. The average molecular weight is 615 g/mol. The second-order valence-corrected chi connectivity index (χ2v) is 12.2. The Hall–Kier alpha value is -3.44. The van der Waals surface area contributed by atoms with Crippen LogP contribution in [0.2, 0.25) is 10.0 Å². The minimum absolute atomic E-state index is 0.265. The molecule has 1 N–H and O–H groups in total. The fourth-order valence-electron chi connectivity index (χ4n) is 5.03. The van der Waals surface area contributed by atoms with Crippen LogP contribution in [0.5, 0.6) is 0 Å². The highest BCUT2D eigenvalue weighted by atomic mass is 35.5. The van der Waals surface area contributed by atoms with Crippen molar-refractivity contribution < 1.29 is 18.8 Å². The average Bonchev–Trinajstić information content (AvgIpc) is 3.38. The van der Waals surface area contributed by atoms with E-state index in [9.17, 15) is 23.6 Å². The fraction of sp³-hybridized carbons (Fsp3) is 0.143. The van der Waals surface area contributed by atoms with Crippen LogP contribution in [0.25, 0.3) is 0 Å². The number of amides is 3. The van der Waals surface area contributed by atoms with E-state index in [2.05, 4.69) is 5.32 Å². The van der Waals surface area contributed by atoms with Crippen LogP contribution in [0.4, 0.5) is 15.8 Å². The van der Waals surface area contributed by atoms with Crippen LogP contribution in [-0.2, 0) is 20.9 Å². The maximum Gasteiger partial charge on any atom is 0.308 e. The molecule has 3 aromatic carbocycles. The minimum atomic E-state index is -0.839. The third kappa shape index (κ3) is 4.64.